The van der Waals surface area contributed by atoms with Crippen molar-refractivity contribution >= 4 is 46.6 Å². The minimum Gasteiger partial charge on any atom is -0.460 e. The second-order valence-corrected chi connectivity index (χ2v) is 6.79. The molecule has 2 atom stereocenters. The van der Waals surface area contributed by atoms with Crippen molar-refractivity contribution in [2.75, 3.05) is 11.9 Å². The van der Waals surface area contributed by atoms with Crippen molar-refractivity contribution in [2.24, 2.45) is 5.92 Å². The molecule has 0 saturated carbocycles. The largest absolute Gasteiger partial charge is 0.460 e. The van der Waals surface area contributed by atoms with Crippen molar-refractivity contribution in [3.8, 4) is 0 Å². The fourth-order valence-corrected chi connectivity index (χ4v) is 2.62. The number of pyridine rings is 1. The molecule has 2 rings (SSSR count). The summed E-state index contributed by atoms with van der Waals surface area (Å²) in [5.74, 6) is -0.775. The molecule has 0 aliphatic carbocycles. The molecular formula is C16H20ClN3O4S. The van der Waals surface area contributed by atoms with Crippen LogP contribution in [-0.4, -0.2) is 40.8 Å². The van der Waals surface area contributed by atoms with Gasteiger partial charge in [-0.3, -0.25) is 9.59 Å². The lowest BCUT2D eigenvalue weighted by molar-refractivity contribution is -0.147. The molecule has 1 fully saturated rings. The maximum atomic E-state index is 12.1. The molecule has 136 valence electrons. The van der Waals surface area contributed by atoms with Crippen LogP contribution in [-0.2, 0) is 19.1 Å². The second-order valence-electron chi connectivity index (χ2n) is 5.94. The monoisotopic (exact) mass is 385 g/mol. The highest BCUT2D eigenvalue weighted by molar-refractivity contribution is 7.80. The molecule has 25 heavy (non-hydrogen) atoms. The van der Waals surface area contributed by atoms with Crippen LogP contribution in [0.1, 0.15) is 26.7 Å². The minimum atomic E-state index is -0.489. The predicted molar refractivity (Wildman–Crippen MR) is 97.3 cm³/mol. The lowest BCUT2D eigenvalue weighted by Crippen LogP contribution is -2.35. The average Bonchev–Trinajstić information content (AvgIpc) is 2.87. The number of esters is 1. The summed E-state index contributed by atoms with van der Waals surface area (Å²) in [7, 11) is 0. The van der Waals surface area contributed by atoms with Crippen molar-refractivity contribution in [3.63, 3.8) is 0 Å². The normalized spacial score (nSPS) is 19.6. The van der Waals surface area contributed by atoms with Crippen molar-refractivity contribution < 1.29 is 19.1 Å². The fraction of sp³-hybridized carbons (Fsp3) is 0.500. The Balaban J connectivity index is 1.76. The summed E-state index contributed by atoms with van der Waals surface area (Å²) in [6.07, 6.45) is 1.68. The molecule has 0 aromatic carbocycles. The summed E-state index contributed by atoms with van der Waals surface area (Å²) in [6.45, 7) is 4.15. The molecule has 0 radical (unpaired) electrons. The lowest BCUT2D eigenvalue weighted by Gasteiger charge is -2.12. The van der Waals surface area contributed by atoms with E-state index in [1.807, 2.05) is 13.8 Å². The van der Waals surface area contributed by atoms with Gasteiger partial charge in [0.25, 0.3) is 0 Å². The van der Waals surface area contributed by atoms with Gasteiger partial charge >= 0.3 is 5.97 Å². The van der Waals surface area contributed by atoms with Gasteiger partial charge in [0.15, 0.2) is 5.11 Å². The van der Waals surface area contributed by atoms with Crippen LogP contribution in [0.25, 0.3) is 0 Å². The quantitative estimate of drug-likeness (QED) is 0.573. The number of halogens is 1. The van der Waals surface area contributed by atoms with Gasteiger partial charge in [0.2, 0.25) is 5.91 Å². The number of carbonyl (C=O) groups excluding carboxylic acids is 2. The summed E-state index contributed by atoms with van der Waals surface area (Å²) in [5, 5.41) is 5.90. The van der Waals surface area contributed by atoms with Gasteiger partial charge in [-0.25, -0.2) is 4.98 Å². The molecule has 7 nitrogen and oxygen atoms in total. The van der Waals surface area contributed by atoms with Gasteiger partial charge in [0.05, 0.1) is 23.7 Å². The highest BCUT2D eigenvalue weighted by atomic mass is 35.5. The van der Waals surface area contributed by atoms with Crippen LogP contribution in [0.15, 0.2) is 18.3 Å². The van der Waals surface area contributed by atoms with Gasteiger partial charge in [-0.05, 0) is 38.2 Å². The van der Waals surface area contributed by atoms with Crippen molar-refractivity contribution in [3.05, 3.63) is 23.4 Å². The van der Waals surface area contributed by atoms with Crippen LogP contribution in [0.5, 0.6) is 0 Å². The zero-order valence-corrected chi connectivity index (χ0v) is 15.5. The van der Waals surface area contributed by atoms with Gasteiger partial charge < -0.3 is 20.1 Å². The predicted octanol–water partition coefficient (Wildman–Crippen LogP) is 2.29. The first-order valence-corrected chi connectivity index (χ1v) is 8.66. The Kier molecular flexibility index (Phi) is 7.10. The first-order chi connectivity index (χ1) is 11.8. The number of anilines is 1. The zero-order valence-electron chi connectivity index (χ0n) is 14.0. The third-order valence-corrected chi connectivity index (χ3v) is 3.86. The Labute approximate surface area is 156 Å². The van der Waals surface area contributed by atoms with Gasteiger partial charge in [-0.15, -0.1) is 0 Å². The molecule has 1 aliphatic heterocycles. The van der Waals surface area contributed by atoms with Gasteiger partial charge in [0, 0.05) is 19.0 Å². The second kappa shape index (κ2) is 9.07. The van der Waals surface area contributed by atoms with E-state index in [4.69, 9.17) is 33.3 Å². The third-order valence-electron chi connectivity index (χ3n) is 3.43. The Morgan fingerprint density at radius 3 is 2.92 bits per heavy atom. The first kappa shape index (κ1) is 19.6. The van der Waals surface area contributed by atoms with Crippen LogP contribution in [0.3, 0.4) is 0 Å². The molecule has 1 aliphatic rings. The van der Waals surface area contributed by atoms with E-state index in [-0.39, 0.29) is 35.6 Å². The average molecular weight is 386 g/mol. The van der Waals surface area contributed by atoms with Gasteiger partial charge in [-0.1, -0.05) is 11.6 Å². The van der Waals surface area contributed by atoms with E-state index < -0.39 is 5.92 Å². The van der Waals surface area contributed by atoms with E-state index in [9.17, 15) is 9.59 Å². The zero-order chi connectivity index (χ0) is 18.4. The van der Waals surface area contributed by atoms with Crippen molar-refractivity contribution in [1.29, 1.82) is 0 Å². The van der Waals surface area contributed by atoms with Gasteiger partial charge in [0.1, 0.15) is 11.9 Å². The number of rotatable bonds is 6. The highest BCUT2D eigenvalue weighted by Crippen LogP contribution is 2.24. The summed E-state index contributed by atoms with van der Waals surface area (Å²) < 4.78 is 10.7. The minimum absolute atomic E-state index is 0.00682. The van der Waals surface area contributed by atoms with Crippen LogP contribution in [0, 0.1) is 5.92 Å². The summed E-state index contributed by atoms with van der Waals surface area (Å²) in [4.78, 5) is 27.9. The number of nitrogens with one attached hydrogen (secondary N) is 2. The number of ether oxygens (including phenoxy) is 2. The third kappa shape index (κ3) is 6.56. The molecule has 0 spiro atoms. The summed E-state index contributed by atoms with van der Waals surface area (Å²) in [5.41, 5.74) is 0. The van der Waals surface area contributed by atoms with Crippen molar-refractivity contribution in [1.82, 2.24) is 10.3 Å². The molecule has 1 aromatic heterocycles. The standard InChI is InChI=1S/C16H20ClN3O4S/c1-9(2)23-8-12-5-10(15(22)24-12)6-14(21)20-16(25)19-13-4-3-11(17)7-18-13/h3-4,7,9-10,12H,5-6,8H2,1-2H3,(H2,18,19,20,21,25)/t10-,12-/m1/s1. The van der Waals surface area contributed by atoms with E-state index in [0.29, 0.717) is 23.9 Å². The smallest absolute Gasteiger partial charge is 0.309 e. The maximum absolute atomic E-state index is 12.1. The highest BCUT2D eigenvalue weighted by Gasteiger charge is 2.36. The summed E-state index contributed by atoms with van der Waals surface area (Å²) in [6, 6.07) is 3.28. The number of thiocarbonyl (C=S) groups is 1. The van der Waals surface area contributed by atoms with E-state index in [2.05, 4.69) is 15.6 Å². The van der Waals surface area contributed by atoms with Gasteiger partial charge in [-0.2, -0.15) is 0 Å². The Hall–Kier alpha value is -1.77. The topological polar surface area (TPSA) is 89.5 Å². The Morgan fingerprint density at radius 1 is 1.52 bits per heavy atom. The number of amides is 1. The molecule has 1 amide bonds. The number of hydrogen-bond donors (Lipinski definition) is 2. The molecule has 0 unspecified atom stereocenters. The summed E-state index contributed by atoms with van der Waals surface area (Å²) >= 11 is 10.8. The maximum Gasteiger partial charge on any atom is 0.309 e. The van der Waals surface area contributed by atoms with E-state index in [0.717, 1.165) is 0 Å². The molecule has 1 saturated heterocycles. The fourth-order valence-electron chi connectivity index (χ4n) is 2.29. The number of carbonyl (C=O) groups is 2. The lowest BCUT2D eigenvalue weighted by atomic mass is 10.0. The number of aromatic nitrogens is 1. The van der Waals surface area contributed by atoms with E-state index in [1.165, 1.54) is 6.20 Å². The SMILES string of the molecule is CC(C)OC[C@H]1C[C@H](CC(=O)NC(=S)Nc2ccc(Cl)cn2)C(=O)O1. The molecular weight excluding hydrogens is 366 g/mol. The number of cyclic esters (lactones) is 1. The number of nitrogens with zero attached hydrogens (tertiary/aromatic N) is 1. The molecule has 1 aromatic rings. The Bertz CT molecular complexity index is 639. The van der Waals surface area contributed by atoms with Crippen molar-refractivity contribution in [2.45, 2.75) is 38.9 Å². The van der Waals surface area contributed by atoms with Crippen LogP contribution in [0.2, 0.25) is 5.02 Å². The number of hydrogen-bond acceptors (Lipinski definition) is 6. The van der Waals surface area contributed by atoms with E-state index >= 15 is 0 Å². The molecule has 0 bridgehead atoms. The molecule has 2 heterocycles. The Morgan fingerprint density at radius 2 is 2.28 bits per heavy atom. The molecule has 9 heteroatoms. The van der Waals surface area contributed by atoms with Crippen LogP contribution < -0.4 is 10.6 Å². The van der Waals surface area contributed by atoms with Crippen LogP contribution >= 0.6 is 23.8 Å². The van der Waals surface area contributed by atoms with E-state index in [1.54, 1.807) is 12.1 Å². The first-order valence-electron chi connectivity index (χ1n) is 7.88. The molecule has 2 N–H and O–H groups in total. The van der Waals surface area contributed by atoms with Crippen LogP contribution in [0.4, 0.5) is 5.82 Å².